The van der Waals surface area contributed by atoms with E-state index in [2.05, 4.69) is 15.3 Å². The summed E-state index contributed by atoms with van der Waals surface area (Å²) in [5, 5.41) is 2.76. The molecule has 0 fully saturated rings. The Labute approximate surface area is 173 Å². The fourth-order valence-corrected chi connectivity index (χ4v) is 3.78. The number of ketones is 1. The van der Waals surface area contributed by atoms with Gasteiger partial charge in [-0.15, -0.1) is 0 Å². The van der Waals surface area contributed by atoms with Crippen molar-refractivity contribution in [2.75, 3.05) is 18.5 Å². The van der Waals surface area contributed by atoms with E-state index in [0.29, 0.717) is 56.2 Å². The second kappa shape index (κ2) is 8.62. The number of ether oxygens (including phenoxy) is 1. The fraction of sp³-hybridized carbons (Fsp3) is 0.364. The van der Waals surface area contributed by atoms with Gasteiger partial charge in [0, 0.05) is 37.4 Å². The molecule has 2 N–H and O–H groups in total. The Morgan fingerprint density at radius 2 is 2.10 bits per heavy atom. The predicted molar refractivity (Wildman–Crippen MR) is 113 cm³/mol. The maximum Gasteiger partial charge on any atom is 0.263 e. The van der Waals surface area contributed by atoms with Crippen molar-refractivity contribution in [2.24, 2.45) is 0 Å². The molecule has 4 rings (SSSR count). The summed E-state index contributed by atoms with van der Waals surface area (Å²) in [6.45, 7) is 3.80. The number of pyridine rings is 1. The number of carbonyl (C=O) groups is 2. The number of carbonyl (C=O) groups excluding carboxylic acids is 2. The molecule has 2 aromatic heterocycles. The highest BCUT2D eigenvalue weighted by Crippen LogP contribution is 2.22. The molecule has 1 aromatic carbocycles. The van der Waals surface area contributed by atoms with Crippen molar-refractivity contribution in [3.05, 3.63) is 57.5 Å². The van der Waals surface area contributed by atoms with Crippen molar-refractivity contribution in [1.29, 1.82) is 0 Å². The number of hydrogen-bond acceptors (Lipinski definition) is 5. The van der Waals surface area contributed by atoms with Crippen LogP contribution in [0.5, 0.6) is 0 Å². The van der Waals surface area contributed by atoms with E-state index >= 15 is 0 Å². The van der Waals surface area contributed by atoms with Crippen molar-refractivity contribution in [3.8, 4) is 0 Å². The number of para-hydroxylation sites is 2. The summed E-state index contributed by atoms with van der Waals surface area (Å²) in [6.07, 6.45) is 2.52. The minimum absolute atomic E-state index is 0.0512. The summed E-state index contributed by atoms with van der Waals surface area (Å²) in [5.41, 5.74) is 2.08. The van der Waals surface area contributed by atoms with Crippen LogP contribution in [0, 0.1) is 0 Å². The molecule has 0 saturated carbocycles. The van der Waals surface area contributed by atoms with Gasteiger partial charge in [0.1, 0.15) is 5.56 Å². The molecule has 3 aromatic rings. The van der Waals surface area contributed by atoms with E-state index in [-0.39, 0.29) is 11.3 Å². The van der Waals surface area contributed by atoms with Crippen LogP contribution in [0.2, 0.25) is 0 Å². The highest BCUT2D eigenvalue weighted by molar-refractivity contribution is 6.06. The first-order valence-electron chi connectivity index (χ1n) is 10.2. The van der Waals surface area contributed by atoms with Crippen LogP contribution >= 0.6 is 0 Å². The lowest BCUT2D eigenvalue weighted by molar-refractivity contribution is 0.0971. The maximum atomic E-state index is 12.9. The van der Waals surface area contributed by atoms with Crippen LogP contribution in [0.1, 0.15) is 52.6 Å². The zero-order valence-corrected chi connectivity index (χ0v) is 16.9. The number of aromatic amines is 1. The molecule has 156 valence electrons. The third kappa shape index (κ3) is 3.91. The van der Waals surface area contributed by atoms with E-state index in [1.807, 2.05) is 35.8 Å². The molecule has 0 aliphatic heterocycles. The second-order valence-corrected chi connectivity index (χ2v) is 7.26. The Morgan fingerprint density at radius 1 is 1.27 bits per heavy atom. The van der Waals surface area contributed by atoms with Gasteiger partial charge in [0.25, 0.3) is 11.5 Å². The van der Waals surface area contributed by atoms with E-state index < -0.39 is 11.5 Å². The lowest BCUT2D eigenvalue weighted by Crippen LogP contribution is -2.28. The Kier molecular flexibility index (Phi) is 5.76. The quantitative estimate of drug-likeness (QED) is 0.585. The fourth-order valence-electron chi connectivity index (χ4n) is 3.78. The average molecular weight is 408 g/mol. The number of Topliss-reactive ketones (excluding diaryl/α,β-unsaturated/α-hetero) is 1. The summed E-state index contributed by atoms with van der Waals surface area (Å²) in [6, 6.07) is 9.00. The van der Waals surface area contributed by atoms with Crippen molar-refractivity contribution in [3.63, 3.8) is 0 Å². The molecule has 1 aliphatic carbocycles. The molecule has 0 unspecified atom stereocenters. The zero-order valence-electron chi connectivity index (χ0n) is 16.9. The number of aryl methyl sites for hydroxylation is 2. The van der Waals surface area contributed by atoms with Gasteiger partial charge >= 0.3 is 0 Å². The molecule has 1 amide bonds. The molecular formula is C22H24N4O4. The molecule has 0 saturated heterocycles. The zero-order chi connectivity index (χ0) is 21.1. The van der Waals surface area contributed by atoms with Crippen LogP contribution in [0.15, 0.2) is 35.1 Å². The molecule has 0 bridgehead atoms. The molecule has 30 heavy (non-hydrogen) atoms. The van der Waals surface area contributed by atoms with Crippen molar-refractivity contribution >= 4 is 28.7 Å². The number of imidazole rings is 1. The number of anilines is 1. The van der Waals surface area contributed by atoms with Crippen LogP contribution in [0.25, 0.3) is 11.0 Å². The van der Waals surface area contributed by atoms with Gasteiger partial charge in [-0.1, -0.05) is 12.1 Å². The van der Waals surface area contributed by atoms with Crippen molar-refractivity contribution in [2.45, 2.75) is 39.2 Å². The van der Waals surface area contributed by atoms with Gasteiger partial charge in [0.05, 0.1) is 11.0 Å². The van der Waals surface area contributed by atoms with Gasteiger partial charge in [-0.3, -0.25) is 19.7 Å². The second-order valence-electron chi connectivity index (χ2n) is 7.26. The van der Waals surface area contributed by atoms with E-state index in [1.54, 1.807) is 0 Å². The lowest BCUT2D eigenvalue weighted by atomic mass is 9.93. The first kappa shape index (κ1) is 20.0. The normalized spacial score (nSPS) is 13.4. The average Bonchev–Trinajstić information content (AvgIpc) is 3.08. The molecule has 1 aliphatic rings. The van der Waals surface area contributed by atoms with Gasteiger partial charge < -0.3 is 14.3 Å². The number of nitrogens with zero attached hydrogens (tertiary/aromatic N) is 2. The number of fused-ring (bicyclic) bond motifs is 2. The number of H-pyrrole nitrogens is 1. The standard InChI is InChI=1S/C22H24N4O4/c1-2-30-12-6-11-26-18-9-4-3-7-17(18)24-22(26)25-21(29)15-13-14-16(23-20(15)28)8-5-10-19(14)27/h3-4,7,9,13H,2,5-6,8,10-12H2,1H3,(H,23,28)(H,24,25,29). The molecule has 8 heteroatoms. The van der Waals surface area contributed by atoms with Crippen LogP contribution in [-0.2, 0) is 17.7 Å². The van der Waals surface area contributed by atoms with Crippen LogP contribution in [0.4, 0.5) is 5.95 Å². The SMILES string of the molecule is CCOCCCn1c(NC(=O)c2cc3c([nH]c2=O)CCCC3=O)nc2ccccc21. The Balaban J connectivity index is 1.64. The molecule has 2 heterocycles. The van der Waals surface area contributed by atoms with Crippen molar-refractivity contribution < 1.29 is 14.3 Å². The highest BCUT2D eigenvalue weighted by Gasteiger charge is 2.23. The maximum absolute atomic E-state index is 12.9. The number of hydrogen-bond donors (Lipinski definition) is 2. The number of rotatable bonds is 7. The molecule has 0 radical (unpaired) electrons. The minimum Gasteiger partial charge on any atom is -0.382 e. The summed E-state index contributed by atoms with van der Waals surface area (Å²) in [5.74, 6) is -0.273. The highest BCUT2D eigenvalue weighted by atomic mass is 16.5. The topological polar surface area (TPSA) is 106 Å². The Hall–Kier alpha value is -3.26. The predicted octanol–water partition coefficient (Wildman–Crippen LogP) is 2.92. The van der Waals surface area contributed by atoms with Gasteiger partial charge in [-0.05, 0) is 44.4 Å². The van der Waals surface area contributed by atoms with Crippen molar-refractivity contribution in [1.82, 2.24) is 14.5 Å². The van der Waals surface area contributed by atoms with Gasteiger partial charge in [-0.2, -0.15) is 0 Å². The van der Waals surface area contributed by atoms with Gasteiger partial charge in [-0.25, -0.2) is 4.98 Å². The number of nitrogens with one attached hydrogen (secondary N) is 2. The third-order valence-corrected chi connectivity index (χ3v) is 5.25. The summed E-state index contributed by atoms with van der Waals surface area (Å²) >= 11 is 0. The monoisotopic (exact) mass is 408 g/mol. The summed E-state index contributed by atoms with van der Waals surface area (Å²) in [4.78, 5) is 44.8. The number of aromatic nitrogens is 3. The smallest absolute Gasteiger partial charge is 0.263 e. The van der Waals surface area contributed by atoms with Crippen LogP contribution in [0.3, 0.4) is 0 Å². The summed E-state index contributed by atoms with van der Waals surface area (Å²) < 4.78 is 7.32. The van der Waals surface area contributed by atoms with Crippen LogP contribution in [-0.4, -0.2) is 39.4 Å². The molecule has 0 atom stereocenters. The van der Waals surface area contributed by atoms with E-state index in [9.17, 15) is 14.4 Å². The van der Waals surface area contributed by atoms with Gasteiger partial charge in [0.15, 0.2) is 5.78 Å². The van der Waals surface area contributed by atoms with Gasteiger partial charge in [0.2, 0.25) is 5.95 Å². The van der Waals surface area contributed by atoms with E-state index in [4.69, 9.17) is 4.74 Å². The lowest BCUT2D eigenvalue weighted by Gasteiger charge is -2.15. The number of benzene rings is 1. The largest absolute Gasteiger partial charge is 0.382 e. The molecule has 0 spiro atoms. The third-order valence-electron chi connectivity index (χ3n) is 5.25. The first-order valence-corrected chi connectivity index (χ1v) is 10.2. The Morgan fingerprint density at radius 3 is 2.93 bits per heavy atom. The Bertz CT molecular complexity index is 1160. The van der Waals surface area contributed by atoms with Crippen LogP contribution < -0.4 is 10.9 Å². The molecular weight excluding hydrogens is 384 g/mol. The number of amides is 1. The first-order chi connectivity index (χ1) is 14.6. The van der Waals surface area contributed by atoms with E-state index in [0.717, 1.165) is 17.5 Å². The minimum atomic E-state index is -0.584. The summed E-state index contributed by atoms with van der Waals surface area (Å²) in [7, 11) is 0. The molecule has 8 nitrogen and oxygen atoms in total. The van der Waals surface area contributed by atoms with E-state index in [1.165, 1.54) is 6.07 Å².